The van der Waals surface area contributed by atoms with Crippen LogP contribution < -0.4 is 5.43 Å². The molecule has 0 fully saturated rings. The summed E-state index contributed by atoms with van der Waals surface area (Å²) in [7, 11) is 1.67. The number of nitriles is 1. The van der Waals surface area contributed by atoms with Gasteiger partial charge < -0.3 is 9.30 Å². The molecule has 1 aromatic heterocycles. The molecule has 0 aliphatic heterocycles. The SMILES string of the molecule is COCCn1c(C)cc(/C=N\NC(=O)[C@H](C#N)c2ccccc2)c1C. The van der Waals surface area contributed by atoms with Gasteiger partial charge in [0.15, 0.2) is 5.92 Å². The first-order valence-corrected chi connectivity index (χ1v) is 8.01. The average Bonchev–Trinajstić information content (AvgIpc) is 2.88. The molecule has 1 N–H and O–H groups in total. The normalized spacial score (nSPS) is 12.1. The van der Waals surface area contributed by atoms with Crippen LogP contribution in [0.15, 0.2) is 41.5 Å². The van der Waals surface area contributed by atoms with E-state index >= 15 is 0 Å². The van der Waals surface area contributed by atoms with Gasteiger partial charge in [0, 0.05) is 30.6 Å². The molecule has 1 heterocycles. The van der Waals surface area contributed by atoms with Crippen molar-refractivity contribution < 1.29 is 9.53 Å². The van der Waals surface area contributed by atoms with Crippen molar-refractivity contribution in [3.05, 3.63) is 58.9 Å². The van der Waals surface area contributed by atoms with Crippen LogP contribution in [0.25, 0.3) is 0 Å². The number of nitrogens with zero attached hydrogens (tertiary/aromatic N) is 3. The molecule has 6 heteroatoms. The quantitative estimate of drug-likeness (QED) is 0.622. The first-order chi connectivity index (χ1) is 12.1. The van der Waals surface area contributed by atoms with Crippen LogP contribution in [0.3, 0.4) is 0 Å². The number of benzene rings is 1. The molecule has 0 saturated heterocycles. The minimum Gasteiger partial charge on any atom is -0.383 e. The Morgan fingerprint density at radius 1 is 1.40 bits per heavy atom. The summed E-state index contributed by atoms with van der Waals surface area (Å²) >= 11 is 0. The first kappa shape index (κ1) is 18.4. The fourth-order valence-electron chi connectivity index (χ4n) is 2.65. The summed E-state index contributed by atoms with van der Waals surface area (Å²) in [6.07, 6.45) is 1.60. The van der Waals surface area contributed by atoms with Gasteiger partial charge >= 0.3 is 0 Å². The molecule has 1 amide bonds. The molecule has 130 valence electrons. The Kier molecular flexibility index (Phi) is 6.49. The van der Waals surface area contributed by atoms with Crippen LogP contribution in [0.5, 0.6) is 0 Å². The molecule has 1 aromatic carbocycles. The van der Waals surface area contributed by atoms with Gasteiger partial charge in [-0.3, -0.25) is 4.79 Å². The van der Waals surface area contributed by atoms with Gasteiger partial charge in [-0.05, 0) is 25.5 Å². The van der Waals surface area contributed by atoms with E-state index in [0.29, 0.717) is 12.2 Å². The number of hydrogen-bond donors (Lipinski definition) is 1. The zero-order chi connectivity index (χ0) is 18.2. The Morgan fingerprint density at radius 2 is 2.12 bits per heavy atom. The molecule has 0 bridgehead atoms. The van der Waals surface area contributed by atoms with E-state index in [0.717, 1.165) is 23.5 Å². The molecular weight excluding hydrogens is 316 g/mol. The van der Waals surface area contributed by atoms with E-state index < -0.39 is 11.8 Å². The summed E-state index contributed by atoms with van der Waals surface area (Å²) in [5, 5.41) is 13.3. The van der Waals surface area contributed by atoms with Gasteiger partial charge in [0.05, 0.1) is 18.9 Å². The number of aromatic nitrogens is 1. The highest BCUT2D eigenvalue weighted by molar-refractivity contribution is 5.88. The summed E-state index contributed by atoms with van der Waals surface area (Å²) < 4.78 is 7.25. The zero-order valence-electron chi connectivity index (χ0n) is 14.7. The number of ether oxygens (including phenoxy) is 1. The van der Waals surface area contributed by atoms with Crippen molar-refractivity contribution in [3.8, 4) is 6.07 Å². The van der Waals surface area contributed by atoms with Gasteiger partial charge in [0.2, 0.25) is 0 Å². The lowest BCUT2D eigenvalue weighted by molar-refractivity contribution is -0.121. The highest BCUT2D eigenvalue weighted by atomic mass is 16.5. The number of aryl methyl sites for hydroxylation is 1. The number of rotatable bonds is 7. The number of hydrogen-bond acceptors (Lipinski definition) is 4. The zero-order valence-corrected chi connectivity index (χ0v) is 14.7. The van der Waals surface area contributed by atoms with Crippen molar-refractivity contribution in [2.24, 2.45) is 5.10 Å². The molecule has 0 unspecified atom stereocenters. The molecule has 1 atom stereocenters. The van der Waals surface area contributed by atoms with Gasteiger partial charge in [-0.25, -0.2) is 5.43 Å². The third-order valence-electron chi connectivity index (χ3n) is 4.03. The molecule has 25 heavy (non-hydrogen) atoms. The number of nitrogens with one attached hydrogen (secondary N) is 1. The van der Waals surface area contributed by atoms with Gasteiger partial charge in [-0.15, -0.1) is 0 Å². The average molecular weight is 338 g/mol. The second kappa shape index (κ2) is 8.81. The van der Waals surface area contributed by atoms with Crippen molar-refractivity contribution in [2.75, 3.05) is 13.7 Å². The molecule has 2 aromatic rings. The van der Waals surface area contributed by atoms with Crippen molar-refractivity contribution >= 4 is 12.1 Å². The Labute approximate surface area is 147 Å². The highest BCUT2D eigenvalue weighted by Gasteiger charge is 2.19. The predicted molar refractivity (Wildman–Crippen MR) is 96.3 cm³/mol. The number of hydrazone groups is 1. The molecular formula is C19H22N4O2. The fraction of sp³-hybridized carbons (Fsp3) is 0.316. The minimum atomic E-state index is -0.882. The third kappa shape index (κ3) is 4.55. The van der Waals surface area contributed by atoms with Crippen LogP contribution in [0, 0.1) is 25.2 Å². The van der Waals surface area contributed by atoms with Crippen LogP contribution >= 0.6 is 0 Å². The minimum absolute atomic E-state index is 0.446. The van der Waals surface area contributed by atoms with E-state index in [2.05, 4.69) is 15.1 Å². The number of carbonyl (C=O) groups is 1. The van der Waals surface area contributed by atoms with E-state index in [9.17, 15) is 10.1 Å². The maximum Gasteiger partial charge on any atom is 0.261 e. The summed E-state index contributed by atoms with van der Waals surface area (Å²) in [5.74, 6) is -1.33. The van der Waals surface area contributed by atoms with E-state index in [1.54, 1.807) is 37.6 Å². The number of carbonyl (C=O) groups excluding carboxylic acids is 1. The van der Waals surface area contributed by atoms with Crippen molar-refractivity contribution in [2.45, 2.75) is 26.3 Å². The Balaban J connectivity index is 2.05. The van der Waals surface area contributed by atoms with Crippen LogP contribution in [-0.2, 0) is 16.1 Å². The van der Waals surface area contributed by atoms with Crippen molar-refractivity contribution in [3.63, 3.8) is 0 Å². The van der Waals surface area contributed by atoms with Gasteiger partial charge in [-0.1, -0.05) is 30.3 Å². The van der Waals surface area contributed by atoms with Gasteiger partial charge in [-0.2, -0.15) is 10.4 Å². The smallest absolute Gasteiger partial charge is 0.261 e. The monoisotopic (exact) mass is 338 g/mol. The van der Waals surface area contributed by atoms with E-state index in [1.165, 1.54) is 0 Å². The molecule has 0 aliphatic rings. The lowest BCUT2D eigenvalue weighted by Gasteiger charge is -2.08. The second-order valence-electron chi connectivity index (χ2n) is 5.68. The van der Waals surface area contributed by atoms with E-state index in [-0.39, 0.29) is 0 Å². The number of amides is 1. The Morgan fingerprint density at radius 3 is 2.76 bits per heavy atom. The second-order valence-corrected chi connectivity index (χ2v) is 5.68. The standard InChI is InChI=1S/C19H22N4O2/c1-14-11-17(15(2)23(14)9-10-25-3)13-21-22-19(24)18(12-20)16-7-5-4-6-8-16/h4-8,11,13,18H,9-10H2,1-3H3,(H,22,24)/b21-13-/t18-/m1/s1. The molecule has 2 rings (SSSR count). The van der Waals surface area contributed by atoms with Gasteiger partial charge in [0.1, 0.15) is 0 Å². The largest absolute Gasteiger partial charge is 0.383 e. The van der Waals surface area contributed by atoms with Crippen LogP contribution in [-0.4, -0.2) is 30.4 Å². The van der Waals surface area contributed by atoms with E-state index in [4.69, 9.17) is 4.74 Å². The topological polar surface area (TPSA) is 79.4 Å². The Bertz CT molecular complexity index is 788. The molecule has 6 nitrogen and oxygen atoms in total. The van der Waals surface area contributed by atoms with E-state index in [1.807, 2.05) is 32.0 Å². The summed E-state index contributed by atoms with van der Waals surface area (Å²) in [5.41, 5.74) is 6.17. The Hall–Kier alpha value is -2.91. The lowest BCUT2D eigenvalue weighted by atomic mass is 10.0. The van der Waals surface area contributed by atoms with Gasteiger partial charge in [0.25, 0.3) is 5.91 Å². The maximum absolute atomic E-state index is 12.2. The molecule has 0 spiro atoms. The molecule has 0 radical (unpaired) electrons. The van der Waals surface area contributed by atoms with Crippen molar-refractivity contribution in [1.82, 2.24) is 9.99 Å². The van der Waals surface area contributed by atoms with Crippen LogP contribution in [0.1, 0.15) is 28.4 Å². The fourth-order valence-corrected chi connectivity index (χ4v) is 2.65. The first-order valence-electron chi connectivity index (χ1n) is 8.01. The summed E-state index contributed by atoms with van der Waals surface area (Å²) in [4.78, 5) is 12.2. The molecule has 0 aliphatic carbocycles. The highest BCUT2D eigenvalue weighted by Crippen LogP contribution is 2.15. The number of methoxy groups -OCH3 is 1. The van der Waals surface area contributed by atoms with Crippen LogP contribution in [0.4, 0.5) is 0 Å². The lowest BCUT2D eigenvalue weighted by Crippen LogP contribution is -2.24. The third-order valence-corrected chi connectivity index (χ3v) is 4.03. The van der Waals surface area contributed by atoms with Crippen molar-refractivity contribution in [1.29, 1.82) is 5.26 Å². The van der Waals surface area contributed by atoms with Crippen LogP contribution in [0.2, 0.25) is 0 Å². The summed E-state index contributed by atoms with van der Waals surface area (Å²) in [6, 6.07) is 12.9. The molecule has 0 saturated carbocycles. The maximum atomic E-state index is 12.2. The predicted octanol–water partition coefficient (Wildman–Crippen LogP) is 2.51. The summed E-state index contributed by atoms with van der Waals surface area (Å²) in [6.45, 7) is 5.40.